The summed E-state index contributed by atoms with van der Waals surface area (Å²) in [4.78, 5) is 5.62. The first-order chi connectivity index (χ1) is 14.6. The van der Waals surface area contributed by atoms with Gasteiger partial charge >= 0.3 is 0 Å². The summed E-state index contributed by atoms with van der Waals surface area (Å²) in [6, 6.07) is 22.6. The van der Waals surface area contributed by atoms with Crippen LogP contribution in [0.5, 0.6) is 0 Å². The minimum atomic E-state index is 0.932. The maximum atomic E-state index is 4.38. The predicted octanol–water partition coefficient (Wildman–Crippen LogP) is 8.15. The van der Waals surface area contributed by atoms with Gasteiger partial charge in [0.2, 0.25) is 0 Å². The Kier molecular flexibility index (Phi) is 7.70. The molecule has 3 aromatic carbocycles. The van der Waals surface area contributed by atoms with Crippen molar-refractivity contribution in [1.29, 1.82) is 0 Å². The number of aliphatic imine (C=N–C) groups is 1. The fourth-order valence-electron chi connectivity index (χ4n) is 3.65. The summed E-state index contributed by atoms with van der Waals surface area (Å²) in [5, 5.41) is 0.932. The lowest BCUT2D eigenvalue weighted by Gasteiger charge is -2.16. The molecule has 0 aliphatic rings. The van der Waals surface area contributed by atoms with Gasteiger partial charge < -0.3 is 0 Å². The van der Waals surface area contributed by atoms with Crippen LogP contribution in [0.1, 0.15) is 37.0 Å². The average Bonchev–Trinajstić information content (AvgIpc) is 2.79. The first-order valence-corrected chi connectivity index (χ1v) is 11.5. The number of hydrogen-bond donors (Lipinski definition) is 0. The van der Waals surface area contributed by atoms with Crippen molar-refractivity contribution < 1.29 is 0 Å². The topological polar surface area (TPSA) is 12.4 Å². The molecule has 0 bridgehead atoms. The zero-order valence-corrected chi connectivity index (χ0v) is 19.4. The molecule has 0 N–H and O–H groups in total. The van der Waals surface area contributed by atoms with E-state index in [1.54, 1.807) is 11.8 Å². The molecule has 0 heterocycles. The Morgan fingerprint density at radius 3 is 2.10 bits per heavy atom. The molecule has 0 saturated carbocycles. The SMILES string of the molecule is C=CC(=NC)Sc1c(C)cc(-c2ccc(CC)cc2)cc1-c1ccc(CCC)cc1. The van der Waals surface area contributed by atoms with Crippen molar-refractivity contribution in [2.24, 2.45) is 4.99 Å². The molecule has 0 amide bonds. The van der Waals surface area contributed by atoms with E-state index in [1.807, 2.05) is 13.1 Å². The highest BCUT2D eigenvalue weighted by molar-refractivity contribution is 8.14. The van der Waals surface area contributed by atoms with Crippen LogP contribution in [-0.2, 0) is 12.8 Å². The summed E-state index contributed by atoms with van der Waals surface area (Å²) in [6.45, 7) is 10.5. The largest absolute Gasteiger partial charge is 0.281 e. The molecular formula is C28H31NS. The maximum absolute atomic E-state index is 4.38. The summed E-state index contributed by atoms with van der Waals surface area (Å²) < 4.78 is 0. The normalized spacial score (nSPS) is 11.5. The lowest BCUT2D eigenvalue weighted by atomic mass is 9.95. The highest BCUT2D eigenvalue weighted by Crippen LogP contribution is 2.39. The smallest absolute Gasteiger partial charge is 0.0942 e. The fraction of sp³-hybridized carbons (Fsp3) is 0.250. The summed E-state index contributed by atoms with van der Waals surface area (Å²) in [7, 11) is 1.82. The summed E-state index contributed by atoms with van der Waals surface area (Å²) in [6.07, 6.45) is 5.17. The molecule has 0 atom stereocenters. The van der Waals surface area contributed by atoms with Crippen LogP contribution in [0.4, 0.5) is 0 Å². The third-order valence-corrected chi connectivity index (χ3v) is 6.68. The molecule has 30 heavy (non-hydrogen) atoms. The third kappa shape index (κ3) is 5.12. The van der Waals surface area contributed by atoms with Crippen molar-refractivity contribution in [2.75, 3.05) is 7.05 Å². The number of nitrogens with zero attached hydrogens (tertiary/aromatic N) is 1. The van der Waals surface area contributed by atoms with Gasteiger partial charge in [0, 0.05) is 11.9 Å². The van der Waals surface area contributed by atoms with Gasteiger partial charge in [0.1, 0.15) is 0 Å². The second-order valence-corrected chi connectivity index (χ2v) is 8.57. The van der Waals surface area contributed by atoms with Gasteiger partial charge in [0.15, 0.2) is 0 Å². The van der Waals surface area contributed by atoms with Gasteiger partial charge in [-0.1, -0.05) is 93.2 Å². The minimum absolute atomic E-state index is 0.932. The quantitative estimate of drug-likeness (QED) is 0.216. The fourth-order valence-corrected chi connectivity index (χ4v) is 4.54. The van der Waals surface area contributed by atoms with E-state index in [4.69, 9.17) is 0 Å². The summed E-state index contributed by atoms with van der Waals surface area (Å²) >= 11 is 1.69. The molecule has 0 aromatic heterocycles. The molecule has 0 radical (unpaired) electrons. The second kappa shape index (κ2) is 10.4. The molecule has 154 valence electrons. The van der Waals surface area contributed by atoms with Crippen LogP contribution in [0.3, 0.4) is 0 Å². The first-order valence-electron chi connectivity index (χ1n) is 10.7. The van der Waals surface area contributed by atoms with E-state index in [0.29, 0.717) is 0 Å². The van der Waals surface area contributed by atoms with E-state index in [1.165, 1.54) is 50.3 Å². The van der Waals surface area contributed by atoms with Crippen molar-refractivity contribution in [3.8, 4) is 22.3 Å². The van der Waals surface area contributed by atoms with Gasteiger partial charge in [-0.3, -0.25) is 4.99 Å². The molecule has 2 heteroatoms. The second-order valence-electron chi connectivity index (χ2n) is 7.54. The first kappa shape index (κ1) is 22.1. The van der Waals surface area contributed by atoms with E-state index >= 15 is 0 Å². The summed E-state index contributed by atoms with van der Waals surface area (Å²) in [5.41, 5.74) is 9.01. The van der Waals surface area contributed by atoms with Crippen LogP contribution in [0.2, 0.25) is 0 Å². The Balaban J connectivity index is 2.13. The van der Waals surface area contributed by atoms with Crippen molar-refractivity contribution in [1.82, 2.24) is 0 Å². The van der Waals surface area contributed by atoms with E-state index in [-0.39, 0.29) is 0 Å². The van der Waals surface area contributed by atoms with Gasteiger partial charge in [0.25, 0.3) is 0 Å². The molecule has 1 nitrogen and oxygen atoms in total. The van der Waals surface area contributed by atoms with Crippen LogP contribution in [0.15, 0.2) is 83.2 Å². The van der Waals surface area contributed by atoms with Crippen LogP contribution in [0.25, 0.3) is 22.3 Å². The molecular weight excluding hydrogens is 382 g/mol. The number of benzene rings is 3. The molecule has 0 saturated heterocycles. The lowest BCUT2D eigenvalue weighted by Crippen LogP contribution is -1.94. The average molecular weight is 414 g/mol. The van der Waals surface area contributed by atoms with Crippen LogP contribution in [-0.4, -0.2) is 12.1 Å². The molecule has 0 spiro atoms. The van der Waals surface area contributed by atoms with Crippen molar-refractivity contribution in [3.63, 3.8) is 0 Å². The summed E-state index contributed by atoms with van der Waals surface area (Å²) in [5.74, 6) is 0. The Morgan fingerprint density at radius 1 is 0.900 bits per heavy atom. The highest BCUT2D eigenvalue weighted by atomic mass is 32.2. The standard InChI is InChI=1S/C28H31NS/c1-6-9-22-12-16-24(17-13-22)26-19-25(23-14-10-21(7-2)11-15-23)18-20(4)28(26)30-27(8-3)29-5/h8,10-19H,3,6-7,9H2,1-2,4-5H3. The molecule has 0 aliphatic carbocycles. The minimum Gasteiger partial charge on any atom is -0.281 e. The zero-order chi connectivity index (χ0) is 21.5. The third-order valence-electron chi connectivity index (χ3n) is 5.38. The number of aryl methyl sites for hydroxylation is 3. The van der Waals surface area contributed by atoms with Gasteiger partial charge in [0.05, 0.1) is 5.04 Å². The van der Waals surface area contributed by atoms with Crippen LogP contribution >= 0.6 is 11.8 Å². The van der Waals surface area contributed by atoms with E-state index < -0.39 is 0 Å². The number of hydrogen-bond acceptors (Lipinski definition) is 2. The van der Waals surface area contributed by atoms with Gasteiger partial charge in [-0.05, 0) is 70.9 Å². The Morgan fingerprint density at radius 2 is 1.53 bits per heavy atom. The van der Waals surface area contributed by atoms with Crippen molar-refractivity contribution >= 4 is 16.8 Å². The Hall–Kier alpha value is -2.58. The zero-order valence-electron chi connectivity index (χ0n) is 18.5. The van der Waals surface area contributed by atoms with Crippen LogP contribution in [0, 0.1) is 6.92 Å². The lowest BCUT2D eigenvalue weighted by molar-refractivity contribution is 0.922. The van der Waals surface area contributed by atoms with Gasteiger partial charge in [-0.25, -0.2) is 0 Å². The Labute approximate surface area is 186 Å². The van der Waals surface area contributed by atoms with E-state index in [9.17, 15) is 0 Å². The van der Waals surface area contributed by atoms with Crippen LogP contribution < -0.4 is 0 Å². The molecule has 0 fully saturated rings. The van der Waals surface area contributed by atoms with Crippen molar-refractivity contribution in [2.45, 2.75) is 44.9 Å². The highest BCUT2D eigenvalue weighted by Gasteiger charge is 2.14. The van der Waals surface area contributed by atoms with E-state index in [2.05, 4.69) is 93.0 Å². The number of thioether (sulfide) groups is 1. The van der Waals surface area contributed by atoms with Gasteiger partial charge in [-0.2, -0.15) is 0 Å². The van der Waals surface area contributed by atoms with Crippen molar-refractivity contribution in [3.05, 3.63) is 90.0 Å². The molecule has 0 unspecified atom stereocenters. The maximum Gasteiger partial charge on any atom is 0.0942 e. The van der Waals surface area contributed by atoms with E-state index in [0.717, 1.165) is 17.9 Å². The monoisotopic (exact) mass is 413 g/mol. The molecule has 3 aromatic rings. The predicted molar refractivity (Wildman–Crippen MR) is 135 cm³/mol. The number of rotatable bonds is 7. The molecule has 3 rings (SSSR count). The molecule has 0 aliphatic heterocycles. The Bertz CT molecular complexity index is 1030. The van der Waals surface area contributed by atoms with Gasteiger partial charge in [-0.15, -0.1) is 0 Å².